The molecule has 0 radical (unpaired) electrons. The van der Waals surface area contributed by atoms with Crippen molar-refractivity contribution in [2.75, 3.05) is 21.3 Å². The highest BCUT2D eigenvalue weighted by Crippen LogP contribution is 2.70. The van der Waals surface area contributed by atoms with E-state index >= 15 is 0 Å². The van der Waals surface area contributed by atoms with Crippen LogP contribution in [-0.2, 0) is 66.5 Å². The first kappa shape index (κ1) is 53.4. The Morgan fingerprint density at radius 1 is 0.700 bits per heavy atom. The van der Waals surface area contributed by atoms with Crippen molar-refractivity contribution in [3.8, 4) is 0 Å². The molecule has 392 valence electrons. The minimum Gasteiger partial charge on any atom is -0.458 e. The second-order valence-corrected chi connectivity index (χ2v) is 21.7. The standard InChI is InChI=1S/C53H78O17/c1-27(54)35-21-23-53(59)36-18-17-33-24-34(20-22-51(33,6)42(36)47(66-31(5)55)49(52(35,53)7)68-39(56)19-16-32-14-12-11-13-15-32)67-40-25-37(60-8)45(29(3)63-40)69-41-26-38(61-9)46(30(4)64-41)70-50-44(58)48(62-10)43(57)28(2)65-50/h11-16,19,28-30,33-38,40-50,57-59H,17-18,20-26H2,1-10H3/b19-16+/t28-,29-,30-,33+,34+,35-,36-,37+,38-,40+,41+,42-,43-,44-,45-,46-,47+,48-,49-,50+,51+,52+,53+/m1/s1. The Morgan fingerprint density at radius 2 is 1.34 bits per heavy atom. The van der Waals surface area contributed by atoms with Crippen LogP contribution in [0.2, 0.25) is 0 Å². The number of carbonyl (C=O) groups excluding carboxylic acids is 3. The highest BCUT2D eigenvalue weighted by atomic mass is 16.8. The van der Waals surface area contributed by atoms with Gasteiger partial charge in [0.2, 0.25) is 0 Å². The van der Waals surface area contributed by atoms with Crippen LogP contribution in [0.15, 0.2) is 36.4 Å². The molecule has 7 aliphatic rings. The topological polar surface area (TPSA) is 213 Å². The normalized spacial score (nSPS) is 47.2. The fourth-order valence-electron chi connectivity index (χ4n) is 14.3. The van der Waals surface area contributed by atoms with Crippen LogP contribution in [0.4, 0.5) is 0 Å². The Kier molecular flexibility index (Phi) is 16.4. The van der Waals surface area contributed by atoms with Gasteiger partial charge in [-0.2, -0.15) is 0 Å². The molecule has 3 N–H and O–H groups in total. The zero-order chi connectivity index (χ0) is 50.4. The number of methoxy groups -OCH3 is 3. The Labute approximate surface area is 412 Å². The lowest BCUT2D eigenvalue weighted by Gasteiger charge is -2.66. The predicted octanol–water partition coefficient (Wildman–Crippen LogP) is 5.06. The molecule has 17 nitrogen and oxygen atoms in total. The zero-order valence-corrected chi connectivity index (χ0v) is 42.5. The summed E-state index contributed by atoms with van der Waals surface area (Å²) in [5, 5.41) is 34.5. The van der Waals surface area contributed by atoms with Gasteiger partial charge in [-0.1, -0.05) is 44.2 Å². The average molecular weight is 987 g/mol. The number of rotatable bonds is 14. The largest absolute Gasteiger partial charge is 0.458 e. The summed E-state index contributed by atoms with van der Waals surface area (Å²) >= 11 is 0. The quantitative estimate of drug-likeness (QED) is 0.126. The number of Topliss-reactive ketones (excluding diaryl/α,β-unsaturated/α-hetero) is 1. The van der Waals surface area contributed by atoms with Crippen molar-refractivity contribution >= 4 is 23.8 Å². The molecule has 0 unspecified atom stereocenters. The molecule has 3 aliphatic heterocycles. The van der Waals surface area contributed by atoms with Gasteiger partial charge in [0.15, 0.2) is 18.9 Å². The van der Waals surface area contributed by atoms with E-state index in [4.69, 9.17) is 52.1 Å². The lowest BCUT2D eigenvalue weighted by molar-refractivity contribution is -0.352. The number of fused-ring (bicyclic) bond motifs is 5. The molecule has 0 spiro atoms. The van der Waals surface area contributed by atoms with E-state index in [1.165, 1.54) is 27.0 Å². The van der Waals surface area contributed by atoms with Gasteiger partial charge in [-0.05, 0) is 102 Å². The second-order valence-electron chi connectivity index (χ2n) is 21.7. The molecule has 3 heterocycles. The van der Waals surface area contributed by atoms with Gasteiger partial charge in [0.1, 0.15) is 48.5 Å². The third kappa shape index (κ3) is 9.93. The maximum Gasteiger partial charge on any atom is 0.331 e. The van der Waals surface area contributed by atoms with Gasteiger partial charge in [0, 0.05) is 64.4 Å². The molecule has 17 heteroatoms. The van der Waals surface area contributed by atoms with E-state index in [9.17, 15) is 29.7 Å². The fourth-order valence-corrected chi connectivity index (χ4v) is 14.3. The van der Waals surface area contributed by atoms with Crippen molar-refractivity contribution in [3.05, 3.63) is 42.0 Å². The van der Waals surface area contributed by atoms with Crippen LogP contribution in [-0.4, -0.2) is 158 Å². The molecule has 4 aliphatic carbocycles. The number of esters is 2. The molecule has 1 aromatic carbocycles. The summed E-state index contributed by atoms with van der Waals surface area (Å²) in [6.45, 7) is 12.4. The van der Waals surface area contributed by atoms with E-state index in [1.807, 2.05) is 51.1 Å². The van der Waals surface area contributed by atoms with Crippen LogP contribution in [0.3, 0.4) is 0 Å². The molecule has 0 amide bonds. The number of hydrogen-bond acceptors (Lipinski definition) is 17. The smallest absolute Gasteiger partial charge is 0.331 e. The molecule has 23 atom stereocenters. The summed E-state index contributed by atoms with van der Waals surface area (Å²) in [5.74, 6) is -2.40. The lowest BCUT2D eigenvalue weighted by atomic mass is 9.41. The van der Waals surface area contributed by atoms with Crippen LogP contribution < -0.4 is 0 Å². The molecule has 8 rings (SSSR count). The van der Waals surface area contributed by atoms with Crippen molar-refractivity contribution in [2.24, 2.45) is 34.5 Å². The van der Waals surface area contributed by atoms with Crippen LogP contribution in [0, 0.1) is 34.5 Å². The number of aliphatic hydroxyl groups is 3. The minimum absolute atomic E-state index is 0.0903. The van der Waals surface area contributed by atoms with E-state index < -0.39 is 126 Å². The first-order valence-corrected chi connectivity index (χ1v) is 25.5. The number of aliphatic hydroxyl groups excluding tert-OH is 2. The average Bonchev–Trinajstić information content (AvgIpc) is 3.61. The van der Waals surface area contributed by atoms with E-state index in [0.29, 0.717) is 51.4 Å². The number of hydrogen-bond donors (Lipinski definition) is 3. The highest BCUT2D eigenvalue weighted by Gasteiger charge is 2.76. The summed E-state index contributed by atoms with van der Waals surface area (Å²) < 4.78 is 68.5. The summed E-state index contributed by atoms with van der Waals surface area (Å²) in [5.41, 5.74) is -2.19. The number of carbonyl (C=O) groups is 3. The van der Waals surface area contributed by atoms with Gasteiger partial charge in [-0.3, -0.25) is 9.59 Å². The summed E-state index contributed by atoms with van der Waals surface area (Å²) in [7, 11) is 4.64. The highest BCUT2D eigenvalue weighted by molar-refractivity contribution is 5.87. The van der Waals surface area contributed by atoms with Gasteiger partial charge >= 0.3 is 11.9 Å². The Bertz CT molecular complexity index is 2000. The third-order valence-corrected chi connectivity index (χ3v) is 17.9. The molecule has 1 aromatic rings. The van der Waals surface area contributed by atoms with E-state index in [-0.39, 0.29) is 29.6 Å². The van der Waals surface area contributed by atoms with E-state index in [1.54, 1.807) is 27.2 Å². The van der Waals surface area contributed by atoms with Crippen molar-refractivity contribution in [3.63, 3.8) is 0 Å². The number of ketones is 1. The molecule has 0 bridgehead atoms. The molecular formula is C53H78O17. The Morgan fingerprint density at radius 3 is 1.96 bits per heavy atom. The summed E-state index contributed by atoms with van der Waals surface area (Å²) in [6.07, 6.45) is -3.20. The van der Waals surface area contributed by atoms with Gasteiger partial charge in [-0.25, -0.2) is 4.79 Å². The third-order valence-electron chi connectivity index (χ3n) is 17.9. The number of ether oxygens (including phenoxy) is 11. The monoisotopic (exact) mass is 987 g/mol. The van der Waals surface area contributed by atoms with Gasteiger partial charge in [0.25, 0.3) is 0 Å². The molecule has 0 aromatic heterocycles. The van der Waals surface area contributed by atoms with Crippen molar-refractivity contribution in [1.29, 1.82) is 0 Å². The van der Waals surface area contributed by atoms with Crippen LogP contribution >= 0.6 is 0 Å². The number of benzene rings is 1. The Balaban J connectivity index is 0.935. The molecule has 4 saturated carbocycles. The zero-order valence-electron chi connectivity index (χ0n) is 42.5. The molecule has 70 heavy (non-hydrogen) atoms. The molecule has 7 fully saturated rings. The predicted molar refractivity (Wildman–Crippen MR) is 250 cm³/mol. The fraction of sp³-hybridized carbons (Fsp3) is 0.792. The first-order valence-electron chi connectivity index (χ1n) is 25.5. The van der Waals surface area contributed by atoms with Crippen molar-refractivity contribution in [2.45, 2.75) is 210 Å². The Hall–Kier alpha value is -2.91. The minimum atomic E-state index is -1.35. The van der Waals surface area contributed by atoms with Gasteiger partial charge < -0.3 is 67.4 Å². The van der Waals surface area contributed by atoms with Crippen LogP contribution in [0.5, 0.6) is 0 Å². The SMILES string of the molecule is CO[C@H]1[C@@H](O)[C@H](O[C@@H]2[C@@H](C)O[C@@H](O[C@H]3[C@@H](OC)C[C@H](O[C@H]4CC[C@@]5(C)[C@@H](CC[C@@H]6[C@@H]5[C@H](OC(C)=O)[C@@H](OC(=O)/C=C/c5ccccc5)[C@]5(C)[C@@H](C(C)=O)CC[C@]65O)C4)O[C@@H]3C)C[C@H]2OC)O[C@H](C)[C@H]1O. The maximum atomic E-state index is 13.8. The van der Waals surface area contributed by atoms with Crippen LogP contribution in [0.1, 0.15) is 112 Å². The van der Waals surface area contributed by atoms with Crippen LogP contribution in [0.25, 0.3) is 6.08 Å². The lowest BCUT2D eigenvalue weighted by Crippen LogP contribution is -2.73. The van der Waals surface area contributed by atoms with Gasteiger partial charge in [-0.15, -0.1) is 0 Å². The van der Waals surface area contributed by atoms with Crippen molar-refractivity contribution < 1.29 is 81.8 Å². The molecule has 3 saturated heterocycles. The van der Waals surface area contributed by atoms with Gasteiger partial charge in [0.05, 0.1) is 42.2 Å². The van der Waals surface area contributed by atoms with E-state index in [2.05, 4.69) is 6.92 Å². The van der Waals surface area contributed by atoms with E-state index in [0.717, 1.165) is 12.0 Å². The first-order chi connectivity index (χ1) is 33.3. The summed E-state index contributed by atoms with van der Waals surface area (Å²) in [4.78, 5) is 40.4. The van der Waals surface area contributed by atoms with Crippen molar-refractivity contribution in [1.82, 2.24) is 0 Å². The maximum absolute atomic E-state index is 13.8. The molecular weight excluding hydrogens is 909 g/mol. The second kappa shape index (κ2) is 21.5. The summed E-state index contributed by atoms with van der Waals surface area (Å²) in [6, 6.07) is 9.38.